The smallest absolute Gasteiger partial charge is 0.124 e. The van der Waals surface area contributed by atoms with Gasteiger partial charge in [0.25, 0.3) is 0 Å². The summed E-state index contributed by atoms with van der Waals surface area (Å²) in [4.78, 5) is 3.31. The van der Waals surface area contributed by atoms with E-state index in [9.17, 15) is 5.11 Å². The average molecular weight is 352 g/mol. The van der Waals surface area contributed by atoms with Crippen LogP contribution in [0.3, 0.4) is 0 Å². The van der Waals surface area contributed by atoms with Crippen molar-refractivity contribution in [3.05, 3.63) is 63.3 Å². The normalized spacial score (nSPS) is 12.4. The second-order valence-electron chi connectivity index (χ2n) is 5.45. The zero-order valence-electron chi connectivity index (χ0n) is 13.5. The van der Waals surface area contributed by atoms with Crippen LogP contribution in [0, 0.1) is 6.92 Å². The third kappa shape index (κ3) is 5.08. The van der Waals surface area contributed by atoms with Crippen molar-refractivity contribution in [3.63, 3.8) is 0 Å². The number of hydrogen-bond acceptors (Lipinski definition) is 4. The van der Waals surface area contributed by atoms with Crippen LogP contribution >= 0.6 is 22.9 Å². The first kappa shape index (κ1) is 18.0. The number of rotatable bonds is 8. The maximum Gasteiger partial charge on any atom is 0.124 e. The largest absolute Gasteiger partial charge is 0.496 e. The molecule has 2 aromatic rings. The minimum atomic E-state index is -0.625. The predicted molar refractivity (Wildman–Crippen MR) is 97.5 cm³/mol. The number of methoxy groups -OCH3 is 1. The summed E-state index contributed by atoms with van der Waals surface area (Å²) in [6, 6.07) is 9.75. The quantitative estimate of drug-likeness (QED) is 0.713. The van der Waals surface area contributed by atoms with Crippen molar-refractivity contribution < 1.29 is 9.84 Å². The Balaban J connectivity index is 2.12. The monoisotopic (exact) mass is 351 g/mol. The van der Waals surface area contributed by atoms with Crippen molar-refractivity contribution >= 4 is 22.9 Å². The molecule has 0 spiro atoms. The van der Waals surface area contributed by atoms with Crippen molar-refractivity contribution in [2.45, 2.75) is 19.6 Å². The van der Waals surface area contributed by atoms with Gasteiger partial charge in [-0.15, -0.1) is 17.9 Å². The Morgan fingerprint density at radius 2 is 2.17 bits per heavy atom. The van der Waals surface area contributed by atoms with Crippen LogP contribution in [0.1, 0.15) is 22.1 Å². The van der Waals surface area contributed by atoms with Gasteiger partial charge >= 0.3 is 0 Å². The van der Waals surface area contributed by atoms with Gasteiger partial charge in [0.05, 0.1) is 17.6 Å². The van der Waals surface area contributed by atoms with E-state index in [1.807, 2.05) is 43.3 Å². The first-order chi connectivity index (χ1) is 11.0. The van der Waals surface area contributed by atoms with Crippen LogP contribution in [-0.4, -0.2) is 30.2 Å². The molecule has 1 heterocycles. The minimum Gasteiger partial charge on any atom is -0.496 e. The van der Waals surface area contributed by atoms with Crippen LogP contribution in [0.2, 0.25) is 4.34 Å². The van der Waals surface area contributed by atoms with Gasteiger partial charge in [-0.25, -0.2) is 0 Å². The van der Waals surface area contributed by atoms with E-state index < -0.39 is 6.10 Å². The maximum absolute atomic E-state index is 10.7. The van der Waals surface area contributed by atoms with Gasteiger partial charge in [-0.2, -0.15) is 0 Å². The Hall–Kier alpha value is -1.33. The molecule has 23 heavy (non-hydrogen) atoms. The number of aliphatic hydroxyl groups is 1. The molecule has 5 heteroatoms. The third-order valence-electron chi connectivity index (χ3n) is 3.57. The number of aliphatic hydroxyl groups excluding tert-OH is 1. The zero-order chi connectivity index (χ0) is 16.8. The van der Waals surface area contributed by atoms with Gasteiger partial charge < -0.3 is 9.84 Å². The first-order valence-electron chi connectivity index (χ1n) is 7.43. The third-order valence-corrected chi connectivity index (χ3v) is 4.79. The Kier molecular flexibility index (Phi) is 6.66. The second-order valence-corrected chi connectivity index (χ2v) is 7.25. The molecular weight excluding hydrogens is 330 g/mol. The molecule has 0 bridgehead atoms. The highest BCUT2D eigenvalue weighted by Crippen LogP contribution is 2.28. The van der Waals surface area contributed by atoms with E-state index >= 15 is 0 Å². The van der Waals surface area contributed by atoms with Crippen LogP contribution < -0.4 is 4.74 Å². The van der Waals surface area contributed by atoms with E-state index in [0.29, 0.717) is 18.8 Å². The predicted octanol–water partition coefficient (Wildman–Crippen LogP) is 4.44. The summed E-state index contributed by atoms with van der Waals surface area (Å²) in [5.74, 6) is 0.709. The van der Waals surface area contributed by atoms with Crippen molar-refractivity contribution in [2.75, 3.05) is 20.2 Å². The summed E-state index contributed by atoms with van der Waals surface area (Å²) in [6.45, 7) is 7.74. The Morgan fingerprint density at radius 3 is 2.78 bits per heavy atom. The molecule has 0 radical (unpaired) electrons. The van der Waals surface area contributed by atoms with Crippen molar-refractivity contribution in [2.24, 2.45) is 0 Å². The molecule has 0 unspecified atom stereocenters. The summed E-state index contributed by atoms with van der Waals surface area (Å²) in [5.41, 5.74) is 1.91. The van der Waals surface area contributed by atoms with Gasteiger partial charge in [0, 0.05) is 30.1 Å². The molecule has 0 aliphatic carbocycles. The average Bonchev–Trinajstić information content (AvgIpc) is 2.92. The molecule has 1 atom stereocenters. The number of aryl methyl sites for hydroxylation is 1. The maximum atomic E-state index is 10.7. The highest BCUT2D eigenvalue weighted by atomic mass is 35.5. The molecule has 0 aliphatic heterocycles. The lowest BCUT2D eigenvalue weighted by atomic mass is 10.0. The molecule has 1 N–H and O–H groups in total. The Morgan fingerprint density at radius 1 is 1.39 bits per heavy atom. The standard InChI is InChI=1S/C18H22ClNO2S/c1-4-9-20(11-14-6-8-18(19)23-14)12-16(21)15-10-13(2)5-7-17(15)22-3/h4-8,10,16,21H,1,9,11-12H2,2-3H3/t16-/m0/s1. The molecule has 124 valence electrons. The summed E-state index contributed by atoms with van der Waals surface area (Å²) in [6.07, 6.45) is 1.22. The topological polar surface area (TPSA) is 32.7 Å². The highest BCUT2D eigenvalue weighted by Gasteiger charge is 2.17. The van der Waals surface area contributed by atoms with E-state index in [1.54, 1.807) is 18.4 Å². The number of halogens is 1. The lowest BCUT2D eigenvalue weighted by Crippen LogP contribution is -2.28. The number of thiophene rings is 1. The molecule has 0 aliphatic rings. The van der Waals surface area contributed by atoms with E-state index in [0.717, 1.165) is 22.0 Å². The Labute approximate surface area is 146 Å². The van der Waals surface area contributed by atoms with Crippen LogP contribution in [0.4, 0.5) is 0 Å². The lowest BCUT2D eigenvalue weighted by Gasteiger charge is -2.24. The van der Waals surface area contributed by atoms with Gasteiger partial charge in [0.2, 0.25) is 0 Å². The van der Waals surface area contributed by atoms with Gasteiger partial charge in [0.15, 0.2) is 0 Å². The second kappa shape index (κ2) is 8.50. The van der Waals surface area contributed by atoms with Gasteiger partial charge in [-0.05, 0) is 31.2 Å². The van der Waals surface area contributed by atoms with E-state index in [2.05, 4.69) is 11.5 Å². The molecular formula is C18H22ClNO2S. The number of nitrogens with zero attached hydrogens (tertiary/aromatic N) is 1. The van der Waals surface area contributed by atoms with Gasteiger partial charge in [-0.3, -0.25) is 4.90 Å². The molecule has 1 aromatic heterocycles. The fourth-order valence-corrected chi connectivity index (χ4v) is 3.63. The van der Waals surface area contributed by atoms with Crippen LogP contribution in [0.15, 0.2) is 43.0 Å². The number of ether oxygens (including phenoxy) is 1. The minimum absolute atomic E-state index is 0.501. The molecule has 1 aromatic carbocycles. The molecule has 2 rings (SSSR count). The highest BCUT2D eigenvalue weighted by molar-refractivity contribution is 7.16. The van der Waals surface area contributed by atoms with Crippen molar-refractivity contribution in [1.82, 2.24) is 4.90 Å². The summed E-state index contributed by atoms with van der Waals surface area (Å²) in [7, 11) is 1.62. The molecule has 3 nitrogen and oxygen atoms in total. The molecule has 0 saturated heterocycles. The van der Waals surface area contributed by atoms with E-state index in [4.69, 9.17) is 16.3 Å². The molecule has 0 saturated carbocycles. The zero-order valence-corrected chi connectivity index (χ0v) is 15.0. The fourth-order valence-electron chi connectivity index (χ4n) is 2.50. The molecule has 0 fully saturated rings. The molecule has 0 amide bonds. The summed E-state index contributed by atoms with van der Waals surface area (Å²) in [5, 5.41) is 10.7. The van der Waals surface area contributed by atoms with Crippen molar-refractivity contribution in [1.29, 1.82) is 0 Å². The summed E-state index contributed by atoms with van der Waals surface area (Å²) < 4.78 is 6.15. The van der Waals surface area contributed by atoms with Crippen LogP contribution in [-0.2, 0) is 6.54 Å². The van der Waals surface area contributed by atoms with Gasteiger partial charge in [-0.1, -0.05) is 29.3 Å². The summed E-state index contributed by atoms with van der Waals surface area (Å²) >= 11 is 7.55. The van der Waals surface area contributed by atoms with E-state index in [1.165, 1.54) is 4.88 Å². The lowest BCUT2D eigenvalue weighted by molar-refractivity contribution is 0.114. The fraction of sp³-hybridized carbons (Fsp3) is 0.333. The number of benzene rings is 1. The van der Waals surface area contributed by atoms with E-state index in [-0.39, 0.29) is 0 Å². The van der Waals surface area contributed by atoms with Crippen LogP contribution in [0.5, 0.6) is 5.75 Å². The van der Waals surface area contributed by atoms with Crippen molar-refractivity contribution in [3.8, 4) is 5.75 Å². The first-order valence-corrected chi connectivity index (χ1v) is 8.63. The SMILES string of the molecule is C=CCN(Cc1ccc(Cl)s1)C[C@H](O)c1cc(C)ccc1OC. The Bertz CT molecular complexity index is 656. The van der Waals surface area contributed by atoms with Gasteiger partial charge in [0.1, 0.15) is 5.75 Å². The van der Waals surface area contributed by atoms with Crippen LogP contribution in [0.25, 0.3) is 0 Å². The number of hydrogen-bond donors (Lipinski definition) is 1.